The molecule has 0 aliphatic heterocycles. The summed E-state index contributed by atoms with van der Waals surface area (Å²) >= 11 is 1.52. The number of rotatable bonds is 5. The number of carbonyl (C=O) groups excluding carboxylic acids is 1. The van der Waals surface area contributed by atoms with Crippen molar-refractivity contribution in [1.29, 1.82) is 0 Å². The quantitative estimate of drug-likeness (QED) is 0.629. The number of thioether (sulfide) groups is 1. The SMILES string of the molecule is CCCSc1nn(C)c(N)c1C(=O)OCC. The fourth-order valence-corrected chi connectivity index (χ4v) is 2.12. The standard InChI is InChI=1S/C10H17N3O2S/c1-4-6-16-9-7(10(14)15-5-2)8(11)13(3)12-9/h4-6,11H2,1-3H3. The lowest BCUT2D eigenvalue weighted by Gasteiger charge is -2.02. The van der Waals surface area contributed by atoms with E-state index in [0.29, 0.717) is 23.0 Å². The van der Waals surface area contributed by atoms with Gasteiger partial charge >= 0.3 is 5.97 Å². The Hall–Kier alpha value is -1.17. The number of hydrogen-bond donors (Lipinski definition) is 1. The molecular formula is C10H17N3O2S. The molecule has 0 atom stereocenters. The van der Waals surface area contributed by atoms with Gasteiger partial charge in [0.15, 0.2) is 0 Å². The maximum absolute atomic E-state index is 11.7. The van der Waals surface area contributed by atoms with Crippen LogP contribution in [0.25, 0.3) is 0 Å². The molecule has 0 aromatic carbocycles. The van der Waals surface area contributed by atoms with Crippen molar-refractivity contribution in [2.75, 3.05) is 18.1 Å². The van der Waals surface area contributed by atoms with E-state index in [1.807, 2.05) is 0 Å². The van der Waals surface area contributed by atoms with E-state index in [1.54, 1.807) is 14.0 Å². The number of aryl methyl sites for hydroxylation is 1. The van der Waals surface area contributed by atoms with Gasteiger partial charge in [0.25, 0.3) is 0 Å². The van der Waals surface area contributed by atoms with Crippen LogP contribution in [-0.2, 0) is 11.8 Å². The smallest absolute Gasteiger partial charge is 0.344 e. The van der Waals surface area contributed by atoms with Gasteiger partial charge in [-0.1, -0.05) is 6.92 Å². The van der Waals surface area contributed by atoms with Crippen LogP contribution in [0, 0.1) is 0 Å². The van der Waals surface area contributed by atoms with Crippen LogP contribution >= 0.6 is 11.8 Å². The average Bonchev–Trinajstić information content (AvgIpc) is 2.52. The third-order valence-corrected chi connectivity index (χ3v) is 3.15. The van der Waals surface area contributed by atoms with Crippen LogP contribution in [0.4, 0.5) is 5.82 Å². The Kier molecular flexibility index (Phi) is 4.67. The number of carbonyl (C=O) groups is 1. The fourth-order valence-electron chi connectivity index (χ4n) is 1.21. The van der Waals surface area contributed by atoms with Crippen molar-refractivity contribution >= 4 is 23.5 Å². The van der Waals surface area contributed by atoms with E-state index in [0.717, 1.165) is 12.2 Å². The minimum Gasteiger partial charge on any atom is -0.462 e. The number of hydrogen-bond acceptors (Lipinski definition) is 5. The van der Waals surface area contributed by atoms with E-state index in [2.05, 4.69) is 12.0 Å². The number of ether oxygens (including phenoxy) is 1. The predicted octanol–water partition coefficient (Wildman–Crippen LogP) is 1.68. The van der Waals surface area contributed by atoms with Crippen molar-refractivity contribution in [2.45, 2.75) is 25.3 Å². The van der Waals surface area contributed by atoms with E-state index < -0.39 is 5.97 Å². The molecule has 0 amide bonds. The molecule has 1 rings (SSSR count). The van der Waals surface area contributed by atoms with E-state index >= 15 is 0 Å². The Morgan fingerprint density at radius 2 is 2.25 bits per heavy atom. The van der Waals surface area contributed by atoms with Gasteiger partial charge in [-0.15, -0.1) is 11.8 Å². The molecule has 0 spiro atoms. The number of aromatic nitrogens is 2. The molecular weight excluding hydrogens is 226 g/mol. The number of nitrogen functional groups attached to an aromatic ring is 1. The summed E-state index contributed by atoms with van der Waals surface area (Å²) in [5.74, 6) is 0.867. The fraction of sp³-hybridized carbons (Fsp3) is 0.600. The van der Waals surface area contributed by atoms with Crippen LogP contribution in [0.1, 0.15) is 30.6 Å². The zero-order chi connectivity index (χ0) is 12.1. The first-order chi connectivity index (χ1) is 7.61. The summed E-state index contributed by atoms with van der Waals surface area (Å²) in [6, 6.07) is 0. The molecule has 16 heavy (non-hydrogen) atoms. The maximum atomic E-state index is 11.7. The molecule has 6 heteroatoms. The highest BCUT2D eigenvalue weighted by Gasteiger charge is 2.22. The zero-order valence-electron chi connectivity index (χ0n) is 9.82. The summed E-state index contributed by atoms with van der Waals surface area (Å²) in [6.45, 7) is 4.18. The summed E-state index contributed by atoms with van der Waals surface area (Å²) in [5, 5.41) is 4.86. The van der Waals surface area contributed by atoms with E-state index in [4.69, 9.17) is 10.5 Å². The molecule has 0 radical (unpaired) electrons. The normalized spacial score (nSPS) is 10.4. The summed E-state index contributed by atoms with van der Waals surface area (Å²) in [5.41, 5.74) is 6.18. The Labute approximate surface area is 99.3 Å². The summed E-state index contributed by atoms with van der Waals surface area (Å²) in [7, 11) is 1.72. The Balaban J connectivity index is 2.98. The minimum atomic E-state index is -0.397. The van der Waals surface area contributed by atoms with Gasteiger partial charge in [-0.25, -0.2) is 4.79 Å². The van der Waals surface area contributed by atoms with Crippen molar-refractivity contribution in [2.24, 2.45) is 7.05 Å². The Morgan fingerprint density at radius 3 is 2.81 bits per heavy atom. The van der Waals surface area contributed by atoms with Gasteiger partial charge < -0.3 is 10.5 Å². The van der Waals surface area contributed by atoms with Crippen molar-refractivity contribution < 1.29 is 9.53 Å². The first-order valence-electron chi connectivity index (χ1n) is 5.24. The van der Waals surface area contributed by atoms with E-state index in [-0.39, 0.29) is 0 Å². The zero-order valence-corrected chi connectivity index (χ0v) is 10.6. The highest BCUT2D eigenvalue weighted by molar-refractivity contribution is 7.99. The molecule has 0 aliphatic carbocycles. The molecule has 2 N–H and O–H groups in total. The van der Waals surface area contributed by atoms with Crippen LogP contribution in [-0.4, -0.2) is 28.1 Å². The monoisotopic (exact) mass is 243 g/mol. The van der Waals surface area contributed by atoms with Gasteiger partial charge in [0.05, 0.1) is 6.61 Å². The van der Waals surface area contributed by atoms with Gasteiger partial charge in [-0.3, -0.25) is 4.68 Å². The molecule has 5 nitrogen and oxygen atoms in total. The lowest BCUT2D eigenvalue weighted by molar-refractivity contribution is 0.0523. The van der Waals surface area contributed by atoms with Crippen molar-refractivity contribution in [3.8, 4) is 0 Å². The predicted molar refractivity (Wildman–Crippen MR) is 64.6 cm³/mol. The number of nitrogens with zero attached hydrogens (tertiary/aromatic N) is 2. The second-order valence-electron chi connectivity index (χ2n) is 3.26. The molecule has 0 saturated carbocycles. The second kappa shape index (κ2) is 5.79. The van der Waals surface area contributed by atoms with Gasteiger partial charge in [-0.05, 0) is 19.1 Å². The number of nitrogens with two attached hydrogens (primary N) is 1. The van der Waals surface area contributed by atoms with E-state index in [1.165, 1.54) is 16.4 Å². The third kappa shape index (κ3) is 2.69. The van der Waals surface area contributed by atoms with Crippen molar-refractivity contribution in [1.82, 2.24) is 9.78 Å². The van der Waals surface area contributed by atoms with Gasteiger partial charge in [0, 0.05) is 7.05 Å². The summed E-state index contributed by atoms with van der Waals surface area (Å²) in [6.07, 6.45) is 1.02. The average molecular weight is 243 g/mol. The Morgan fingerprint density at radius 1 is 1.56 bits per heavy atom. The largest absolute Gasteiger partial charge is 0.462 e. The molecule has 1 heterocycles. The van der Waals surface area contributed by atoms with Crippen LogP contribution in [0.15, 0.2) is 5.03 Å². The summed E-state index contributed by atoms with van der Waals surface area (Å²) < 4.78 is 6.46. The molecule has 0 bridgehead atoms. The first-order valence-corrected chi connectivity index (χ1v) is 6.22. The molecule has 0 fully saturated rings. The number of esters is 1. The van der Waals surface area contributed by atoms with E-state index in [9.17, 15) is 4.79 Å². The highest BCUT2D eigenvalue weighted by atomic mass is 32.2. The number of anilines is 1. The molecule has 0 saturated heterocycles. The van der Waals surface area contributed by atoms with Crippen LogP contribution < -0.4 is 5.73 Å². The lowest BCUT2D eigenvalue weighted by atomic mass is 10.3. The topological polar surface area (TPSA) is 70.1 Å². The van der Waals surface area contributed by atoms with Crippen molar-refractivity contribution in [3.05, 3.63) is 5.56 Å². The third-order valence-electron chi connectivity index (χ3n) is 1.98. The Bertz CT molecular complexity index is 376. The first kappa shape index (κ1) is 12.9. The van der Waals surface area contributed by atoms with Crippen LogP contribution in [0.3, 0.4) is 0 Å². The molecule has 1 aromatic heterocycles. The molecule has 1 aromatic rings. The lowest BCUT2D eigenvalue weighted by Crippen LogP contribution is -2.08. The summed E-state index contributed by atoms with van der Waals surface area (Å²) in [4.78, 5) is 11.7. The minimum absolute atomic E-state index is 0.338. The maximum Gasteiger partial charge on any atom is 0.344 e. The molecule has 90 valence electrons. The second-order valence-corrected chi connectivity index (χ2v) is 4.34. The van der Waals surface area contributed by atoms with Gasteiger partial charge in [0.2, 0.25) is 0 Å². The van der Waals surface area contributed by atoms with Gasteiger partial charge in [0.1, 0.15) is 16.4 Å². The molecule has 0 unspecified atom stereocenters. The van der Waals surface area contributed by atoms with Crippen LogP contribution in [0.5, 0.6) is 0 Å². The highest BCUT2D eigenvalue weighted by Crippen LogP contribution is 2.27. The van der Waals surface area contributed by atoms with Crippen molar-refractivity contribution in [3.63, 3.8) is 0 Å². The van der Waals surface area contributed by atoms with Crippen LogP contribution in [0.2, 0.25) is 0 Å². The molecule has 0 aliphatic rings. The van der Waals surface area contributed by atoms with Gasteiger partial charge in [-0.2, -0.15) is 5.10 Å².